The van der Waals surface area contributed by atoms with Crippen LogP contribution in [0.2, 0.25) is 0 Å². The Kier molecular flexibility index (Phi) is 3.71. The molecule has 0 aliphatic carbocycles. The molecular formula is C15H25N3O2. The highest BCUT2D eigenvalue weighted by atomic mass is 16.2. The fraction of sp³-hybridized carbons (Fsp3) is 0.867. The molecule has 1 N–H and O–H groups in total. The summed E-state index contributed by atoms with van der Waals surface area (Å²) in [6, 6.07) is -0.0701. The molecule has 4 heterocycles. The van der Waals surface area contributed by atoms with Crippen molar-refractivity contribution in [3.05, 3.63) is 0 Å². The third-order valence-electron chi connectivity index (χ3n) is 5.41. The van der Waals surface area contributed by atoms with Crippen LogP contribution in [0.3, 0.4) is 0 Å². The molecule has 0 saturated carbocycles. The van der Waals surface area contributed by atoms with Crippen molar-refractivity contribution in [1.29, 1.82) is 0 Å². The summed E-state index contributed by atoms with van der Waals surface area (Å²) in [5.41, 5.74) is 0. The van der Waals surface area contributed by atoms with Crippen molar-refractivity contribution >= 4 is 11.8 Å². The van der Waals surface area contributed by atoms with Crippen LogP contribution in [0.4, 0.5) is 0 Å². The lowest BCUT2D eigenvalue weighted by Gasteiger charge is -2.50. The van der Waals surface area contributed by atoms with Gasteiger partial charge in [0.25, 0.3) is 0 Å². The second-order valence-corrected chi connectivity index (χ2v) is 6.60. The lowest BCUT2D eigenvalue weighted by molar-refractivity contribution is -0.152. The van der Waals surface area contributed by atoms with Crippen molar-refractivity contribution in [2.45, 2.75) is 45.2 Å². The first-order valence-electron chi connectivity index (χ1n) is 7.92. The molecule has 4 aliphatic heterocycles. The van der Waals surface area contributed by atoms with Gasteiger partial charge in [-0.15, -0.1) is 0 Å². The van der Waals surface area contributed by atoms with E-state index in [1.54, 1.807) is 0 Å². The van der Waals surface area contributed by atoms with Crippen molar-refractivity contribution in [1.82, 2.24) is 15.1 Å². The minimum Gasteiger partial charge on any atom is -0.342 e. The maximum absolute atomic E-state index is 12.7. The Labute approximate surface area is 120 Å². The van der Waals surface area contributed by atoms with Gasteiger partial charge in [-0.2, -0.15) is 0 Å². The van der Waals surface area contributed by atoms with E-state index in [1.807, 2.05) is 11.8 Å². The van der Waals surface area contributed by atoms with Crippen molar-refractivity contribution in [2.24, 2.45) is 11.8 Å². The van der Waals surface area contributed by atoms with Crippen molar-refractivity contribution in [3.63, 3.8) is 0 Å². The Bertz CT molecular complexity index is 404. The van der Waals surface area contributed by atoms with Gasteiger partial charge in [0.05, 0.1) is 6.54 Å². The van der Waals surface area contributed by atoms with Gasteiger partial charge in [0, 0.05) is 12.6 Å². The number of nitrogens with one attached hydrogen (secondary N) is 1. The Morgan fingerprint density at radius 2 is 2.00 bits per heavy atom. The minimum atomic E-state index is -0.322. The molecule has 20 heavy (non-hydrogen) atoms. The topological polar surface area (TPSA) is 52.7 Å². The van der Waals surface area contributed by atoms with E-state index in [0.717, 1.165) is 26.1 Å². The predicted octanol–water partition coefficient (Wildman–Crippen LogP) is 0.454. The van der Waals surface area contributed by atoms with Gasteiger partial charge in [0.1, 0.15) is 6.04 Å². The molecule has 0 spiro atoms. The first-order valence-corrected chi connectivity index (χ1v) is 7.92. The molecule has 2 bridgehead atoms. The first kappa shape index (κ1) is 13.9. The molecule has 4 saturated heterocycles. The smallest absolute Gasteiger partial charge is 0.246 e. The van der Waals surface area contributed by atoms with Gasteiger partial charge >= 0.3 is 0 Å². The monoisotopic (exact) mass is 279 g/mol. The molecule has 0 aromatic carbocycles. The van der Waals surface area contributed by atoms with Crippen molar-refractivity contribution in [2.75, 3.05) is 26.2 Å². The van der Waals surface area contributed by atoms with Gasteiger partial charge < -0.3 is 15.1 Å². The lowest BCUT2D eigenvalue weighted by atomic mass is 9.82. The number of piperidine rings is 3. The van der Waals surface area contributed by atoms with E-state index in [0.29, 0.717) is 5.92 Å². The van der Waals surface area contributed by atoms with E-state index in [4.69, 9.17) is 0 Å². The second kappa shape index (κ2) is 5.35. The number of rotatable bonds is 3. The maximum atomic E-state index is 12.7. The predicted molar refractivity (Wildman–Crippen MR) is 76.1 cm³/mol. The molecule has 0 aromatic rings. The van der Waals surface area contributed by atoms with Gasteiger partial charge in [0.15, 0.2) is 0 Å². The van der Waals surface area contributed by atoms with Crippen LogP contribution in [0, 0.1) is 11.8 Å². The number of nitrogens with zero attached hydrogens (tertiary/aromatic N) is 2. The van der Waals surface area contributed by atoms with Crippen molar-refractivity contribution in [3.8, 4) is 0 Å². The van der Waals surface area contributed by atoms with Crippen LogP contribution in [-0.4, -0.2) is 59.9 Å². The van der Waals surface area contributed by atoms with Crippen LogP contribution in [0.15, 0.2) is 0 Å². The molecule has 2 amide bonds. The van der Waals surface area contributed by atoms with Crippen LogP contribution < -0.4 is 5.32 Å². The molecule has 0 aromatic heterocycles. The van der Waals surface area contributed by atoms with Crippen LogP contribution >= 0.6 is 0 Å². The average Bonchev–Trinajstić information content (AvgIpc) is 2.49. The number of amides is 2. The van der Waals surface area contributed by atoms with Gasteiger partial charge in [0.2, 0.25) is 11.8 Å². The summed E-state index contributed by atoms with van der Waals surface area (Å²) in [4.78, 5) is 29.0. The molecule has 3 unspecified atom stereocenters. The number of piperazine rings is 1. The highest BCUT2D eigenvalue weighted by Crippen LogP contribution is 2.32. The van der Waals surface area contributed by atoms with Gasteiger partial charge in [-0.3, -0.25) is 9.59 Å². The summed E-state index contributed by atoms with van der Waals surface area (Å²) in [5.74, 6) is 0.937. The Balaban J connectivity index is 1.78. The fourth-order valence-electron chi connectivity index (χ4n) is 3.88. The summed E-state index contributed by atoms with van der Waals surface area (Å²) in [5, 5.41) is 2.89. The Morgan fingerprint density at radius 3 is 2.55 bits per heavy atom. The third-order valence-corrected chi connectivity index (χ3v) is 5.41. The number of carbonyl (C=O) groups is 2. The number of carbonyl (C=O) groups excluding carboxylic acids is 2. The number of hydrogen-bond donors (Lipinski definition) is 1. The van der Waals surface area contributed by atoms with E-state index in [2.05, 4.69) is 17.1 Å². The highest BCUT2D eigenvalue weighted by Gasteiger charge is 2.44. The van der Waals surface area contributed by atoms with Gasteiger partial charge in [-0.05, 0) is 37.8 Å². The van der Waals surface area contributed by atoms with Crippen LogP contribution in [0.5, 0.6) is 0 Å². The normalized spacial score (nSPS) is 38.8. The van der Waals surface area contributed by atoms with E-state index in [1.165, 1.54) is 12.8 Å². The second-order valence-electron chi connectivity index (χ2n) is 6.60. The SMILES string of the molecule is CCC(C)C1NC(=O)CN(C2CN3CCC2CC3)C1=O. The molecule has 3 atom stereocenters. The zero-order valence-corrected chi connectivity index (χ0v) is 12.5. The molecule has 4 aliphatic rings. The van der Waals surface area contributed by atoms with Gasteiger partial charge in [-0.25, -0.2) is 0 Å². The zero-order chi connectivity index (χ0) is 14.3. The molecule has 112 valence electrons. The lowest BCUT2D eigenvalue weighted by Crippen LogP contribution is -2.67. The minimum absolute atomic E-state index is 0.00588. The third kappa shape index (κ3) is 2.32. The van der Waals surface area contributed by atoms with Crippen LogP contribution in [0.1, 0.15) is 33.1 Å². The average molecular weight is 279 g/mol. The maximum Gasteiger partial charge on any atom is 0.246 e. The van der Waals surface area contributed by atoms with E-state index in [-0.39, 0.29) is 36.4 Å². The highest BCUT2D eigenvalue weighted by molar-refractivity contribution is 5.95. The zero-order valence-electron chi connectivity index (χ0n) is 12.5. The fourth-order valence-corrected chi connectivity index (χ4v) is 3.88. The van der Waals surface area contributed by atoms with E-state index < -0.39 is 0 Å². The Morgan fingerprint density at radius 1 is 1.30 bits per heavy atom. The summed E-state index contributed by atoms with van der Waals surface area (Å²) in [6.07, 6.45) is 3.25. The van der Waals surface area contributed by atoms with Crippen LogP contribution in [-0.2, 0) is 9.59 Å². The first-order chi connectivity index (χ1) is 9.60. The molecule has 4 rings (SSSR count). The summed E-state index contributed by atoms with van der Waals surface area (Å²) >= 11 is 0. The summed E-state index contributed by atoms with van der Waals surface area (Å²) < 4.78 is 0. The summed E-state index contributed by atoms with van der Waals surface area (Å²) in [7, 11) is 0. The quantitative estimate of drug-likeness (QED) is 0.816. The standard InChI is InChI=1S/C15H25N3O2/c1-3-10(2)14-15(20)18(9-13(19)16-14)12-8-17-6-4-11(12)5-7-17/h10-12,14H,3-9H2,1-2H3,(H,16,19). The largest absolute Gasteiger partial charge is 0.342 e. The Hall–Kier alpha value is -1.10. The molecule has 5 heteroatoms. The van der Waals surface area contributed by atoms with E-state index >= 15 is 0 Å². The van der Waals surface area contributed by atoms with Crippen molar-refractivity contribution < 1.29 is 9.59 Å². The molecule has 5 nitrogen and oxygen atoms in total. The molecular weight excluding hydrogens is 254 g/mol. The molecule has 4 fully saturated rings. The molecule has 0 radical (unpaired) electrons. The summed E-state index contributed by atoms with van der Waals surface area (Å²) in [6.45, 7) is 7.63. The van der Waals surface area contributed by atoms with Crippen LogP contribution in [0.25, 0.3) is 0 Å². The number of hydrogen-bond acceptors (Lipinski definition) is 3. The van der Waals surface area contributed by atoms with Gasteiger partial charge in [-0.1, -0.05) is 20.3 Å². The van der Waals surface area contributed by atoms with E-state index in [9.17, 15) is 9.59 Å². The number of fused-ring (bicyclic) bond motifs is 3.